The highest BCUT2D eigenvalue weighted by atomic mass is 19.1. The fourth-order valence-corrected chi connectivity index (χ4v) is 17.2. The van der Waals surface area contributed by atoms with Crippen molar-refractivity contribution in [3.05, 3.63) is 240 Å². The Labute approximate surface area is 644 Å². The summed E-state index contributed by atoms with van der Waals surface area (Å²) in [5.74, 6) is 2.65. The van der Waals surface area contributed by atoms with E-state index < -0.39 is 11.6 Å². The number of nitrogens with zero attached hydrogens (tertiary/aromatic N) is 17. The van der Waals surface area contributed by atoms with Crippen molar-refractivity contribution in [2.75, 3.05) is 33.3 Å². The second kappa shape index (κ2) is 31.9. The molecular formula is C83H83F2N17O10. The van der Waals surface area contributed by atoms with Gasteiger partial charge in [-0.1, -0.05) is 47.7 Å². The molecule has 574 valence electrons. The molecule has 0 radical (unpaired) electrons. The summed E-state index contributed by atoms with van der Waals surface area (Å²) in [6.45, 7) is 12.7. The number of halogens is 2. The molecule has 0 N–H and O–H groups in total. The number of hydrogen-bond acceptors (Lipinski definition) is 21. The van der Waals surface area contributed by atoms with Crippen LogP contribution >= 0.6 is 0 Å². The largest absolute Gasteiger partial charge is 0.491 e. The van der Waals surface area contributed by atoms with Gasteiger partial charge in [-0.25, -0.2) is 48.4 Å². The van der Waals surface area contributed by atoms with Crippen LogP contribution in [0.1, 0.15) is 121 Å². The molecule has 4 saturated carbocycles. The number of likely N-dealkylation sites (tertiary alicyclic amines) is 4. The normalized spacial score (nSPS) is 23.2. The Balaban J connectivity index is 0.000000113. The van der Waals surface area contributed by atoms with Crippen LogP contribution < -0.4 is 23.7 Å². The molecule has 11 aromatic rings. The SMILES string of the molecule is COc1c(F)ccnc1C(=O)N1CC2CC(Oc3ccc(C)cn3)C1C2.Cc1ccc(OC2CC3CC2N(C(=O)c2cccc(C)c2-c2ncco2)C3)nc1.Cc1ccc(OC2CC3CC2N(C(=O)c2cccc(F)c2-n2ccnn2)C3)nc1.Cc1ccc(OC2CC3CC2N(C(=O)c2ncccc2-n2nccn2)C3)nc1. The number of benzene rings is 2. The van der Waals surface area contributed by atoms with Gasteiger partial charge in [-0.2, -0.15) is 10.2 Å². The van der Waals surface area contributed by atoms with Crippen LogP contribution in [0.15, 0.2) is 182 Å². The maximum atomic E-state index is 14.6. The topological polar surface area (TPSA) is 292 Å². The first-order valence-electron chi connectivity index (χ1n) is 37.7. The molecule has 112 heavy (non-hydrogen) atoms. The van der Waals surface area contributed by atoms with E-state index in [0.717, 1.165) is 97.8 Å². The first-order chi connectivity index (χ1) is 54.4. The van der Waals surface area contributed by atoms with E-state index in [4.69, 9.17) is 28.1 Å². The number of carbonyl (C=O) groups excluding carboxylic acids is 4. The summed E-state index contributed by atoms with van der Waals surface area (Å²) in [5.41, 5.74) is 8.02. The molecule has 12 atom stereocenters. The monoisotopic (exact) mass is 1520 g/mol. The highest BCUT2D eigenvalue weighted by Crippen LogP contribution is 2.45. The van der Waals surface area contributed by atoms with Crippen molar-refractivity contribution in [2.24, 2.45) is 23.7 Å². The number of carbonyl (C=O) groups is 4. The maximum absolute atomic E-state index is 14.6. The van der Waals surface area contributed by atoms with Crippen LogP contribution in [0.5, 0.6) is 29.3 Å². The number of methoxy groups -OCH3 is 1. The minimum atomic E-state index is -0.591. The van der Waals surface area contributed by atoms with Gasteiger partial charge < -0.3 is 47.7 Å². The van der Waals surface area contributed by atoms with Crippen molar-refractivity contribution in [3.63, 3.8) is 0 Å². The molecule has 8 fully saturated rings. The van der Waals surface area contributed by atoms with E-state index in [1.807, 2.05) is 116 Å². The molecular weight excluding hydrogens is 1430 g/mol. The van der Waals surface area contributed by atoms with Crippen molar-refractivity contribution in [3.8, 4) is 52.1 Å². The lowest BCUT2D eigenvalue weighted by Crippen LogP contribution is -2.47. The molecule has 8 bridgehead atoms. The first-order valence-corrected chi connectivity index (χ1v) is 37.7. The van der Waals surface area contributed by atoms with Gasteiger partial charge in [-0.15, -0.1) is 9.90 Å². The van der Waals surface area contributed by atoms with Crippen molar-refractivity contribution < 1.29 is 56.1 Å². The Kier molecular flexibility index (Phi) is 21.0. The molecule has 4 saturated heterocycles. The van der Waals surface area contributed by atoms with E-state index in [-0.39, 0.29) is 94.9 Å². The summed E-state index contributed by atoms with van der Waals surface area (Å²) in [7, 11) is 1.34. The zero-order valence-corrected chi connectivity index (χ0v) is 62.6. The van der Waals surface area contributed by atoms with Crippen molar-refractivity contribution >= 4 is 23.6 Å². The zero-order chi connectivity index (χ0) is 77.3. The molecule has 12 unspecified atom stereocenters. The highest BCUT2D eigenvalue weighted by molar-refractivity contribution is 6.01. The fraction of sp³-hybridized carbons (Fsp3) is 0.361. The van der Waals surface area contributed by atoms with Crippen LogP contribution in [0.25, 0.3) is 22.8 Å². The summed E-state index contributed by atoms with van der Waals surface area (Å²) in [4.78, 5) is 92.0. The molecule has 0 spiro atoms. The molecule has 9 aromatic heterocycles. The quantitative estimate of drug-likeness (QED) is 0.0868. The number of pyridine rings is 6. The number of aromatic nitrogens is 13. The van der Waals surface area contributed by atoms with Gasteiger partial charge in [0, 0.05) is 87.6 Å². The fourth-order valence-electron chi connectivity index (χ4n) is 17.2. The molecule has 19 rings (SSSR count). The zero-order valence-electron chi connectivity index (χ0n) is 62.6. The van der Waals surface area contributed by atoms with E-state index in [1.54, 1.807) is 78.7 Å². The Morgan fingerprint density at radius 1 is 0.438 bits per heavy atom. The number of fused-ring (bicyclic) bond motifs is 8. The summed E-state index contributed by atoms with van der Waals surface area (Å²) in [5, 5.41) is 15.9. The van der Waals surface area contributed by atoms with Crippen LogP contribution in [0.2, 0.25) is 0 Å². The molecule has 4 aliphatic carbocycles. The number of aryl methyl sites for hydroxylation is 5. The van der Waals surface area contributed by atoms with Crippen LogP contribution in [-0.2, 0) is 0 Å². The molecule has 8 aliphatic rings. The molecule has 13 heterocycles. The van der Waals surface area contributed by atoms with Gasteiger partial charge in [0.2, 0.25) is 29.4 Å². The summed E-state index contributed by atoms with van der Waals surface area (Å²) >= 11 is 0. The third-order valence-corrected chi connectivity index (χ3v) is 22.3. The van der Waals surface area contributed by atoms with Crippen molar-refractivity contribution in [1.82, 2.24) is 84.5 Å². The Bertz CT molecular complexity index is 5000. The Hall–Kier alpha value is -12.4. The molecule has 4 amide bonds. The predicted octanol–water partition coefficient (Wildman–Crippen LogP) is 11.5. The van der Waals surface area contributed by atoms with E-state index >= 15 is 0 Å². The number of para-hydroxylation sites is 1. The maximum Gasteiger partial charge on any atom is 0.276 e. The summed E-state index contributed by atoms with van der Waals surface area (Å²) in [6, 6.07) is 30.3. The van der Waals surface area contributed by atoms with Crippen LogP contribution in [0.3, 0.4) is 0 Å². The third-order valence-electron chi connectivity index (χ3n) is 22.3. The standard InChI is InChI=1S/C23H23N3O3.C21H20FN5O2.C20H20N6O2.C19H20FN3O3/c1-14-6-7-20(25-12-14)29-19-11-16-10-18(19)26(13-16)23(27)17-5-3-4-15(2)21(17)22-24-8-9-28-22;1-13-5-6-19(23-11-13)29-18-10-14-9-17(18)26(12-14)21(28)15-3-2-4-16(22)20(15)27-8-7-24-25-27;1-13-4-5-18(22-11-13)28-17-10-14-9-16(17)25(12-14)20(27)19-15(3-2-6-21-19)26-23-7-8-24-26;1-11-3-4-16(22-9-11)26-15-8-12-7-14(15)23(10-12)19(24)17-18(25-2)13(20)5-6-21-17/h3-9,12,16,18-19H,10-11,13H2,1-2H3;2-8,11,14,17-18H,9-10,12H2,1H3;2-8,11,14,16-17H,9-10,12H2,1H3;3-6,9,12,14-15H,7-8,10H2,1-2H3. The van der Waals surface area contributed by atoms with E-state index in [2.05, 4.69) is 55.4 Å². The van der Waals surface area contributed by atoms with Gasteiger partial charge in [0.1, 0.15) is 47.9 Å². The third kappa shape index (κ3) is 15.3. The minimum Gasteiger partial charge on any atom is -0.491 e. The van der Waals surface area contributed by atoms with Crippen molar-refractivity contribution in [2.45, 2.75) is 135 Å². The lowest BCUT2D eigenvalue weighted by Gasteiger charge is -2.33. The van der Waals surface area contributed by atoms with E-state index in [9.17, 15) is 28.0 Å². The van der Waals surface area contributed by atoms with Gasteiger partial charge in [0.25, 0.3) is 23.6 Å². The minimum absolute atomic E-state index is 0.00672. The molecule has 2 aromatic carbocycles. The smallest absolute Gasteiger partial charge is 0.276 e. The summed E-state index contributed by atoms with van der Waals surface area (Å²) in [6.07, 6.45) is 26.4. The van der Waals surface area contributed by atoms with Gasteiger partial charge >= 0.3 is 0 Å². The lowest BCUT2D eigenvalue weighted by molar-refractivity contribution is 0.0456. The Morgan fingerprint density at radius 3 is 1.33 bits per heavy atom. The lowest BCUT2D eigenvalue weighted by atomic mass is 9.99. The second-order valence-corrected chi connectivity index (χ2v) is 30.0. The number of piperidine rings is 4. The molecule has 4 aliphatic heterocycles. The molecule has 29 heteroatoms. The highest BCUT2D eigenvalue weighted by Gasteiger charge is 2.53. The number of ether oxygens (including phenoxy) is 5. The van der Waals surface area contributed by atoms with Crippen LogP contribution in [-0.4, -0.2) is 190 Å². The Morgan fingerprint density at radius 2 is 0.893 bits per heavy atom. The predicted molar refractivity (Wildman–Crippen MR) is 402 cm³/mol. The van der Waals surface area contributed by atoms with Crippen LogP contribution in [0.4, 0.5) is 8.78 Å². The van der Waals surface area contributed by atoms with E-state index in [0.29, 0.717) is 83.1 Å². The number of oxazole rings is 1. The average Bonchev–Trinajstić information content (AvgIpc) is 1.59. The average molecular weight is 1520 g/mol. The second-order valence-electron chi connectivity index (χ2n) is 30.0. The van der Waals surface area contributed by atoms with Gasteiger partial charge in [0.05, 0.1) is 79.0 Å². The first kappa shape index (κ1) is 73.7. The number of rotatable bonds is 16. The van der Waals surface area contributed by atoms with Gasteiger partial charge in [0.15, 0.2) is 23.0 Å². The van der Waals surface area contributed by atoms with Gasteiger partial charge in [-0.05, 0) is 174 Å². The van der Waals surface area contributed by atoms with Crippen LogP contribution in [0, 0.1) is 69.9 Å². The number of amides is 4. The number of hydrogen-bond donors (Lipinski definition) is 0. The van der Waals surface area contributed by atoms with E-state index in [1.165, 1.54) is 53.6 Å². The van der Waals surface area contributed by atoms with Gasteiger partial charge in [-0.3, -0.25) is 19.2 Å². The summed E-state index contributed by atoms with van der Waals surface area (Å²) < 4.78 is 64.7. The molecule has 27 nitrogen and oxygen atoms in total. The van der Waals surface area contributed by atoms with Crippen molar-refractivity contribution in [1.29, 1.82) is 0 Å².